The van der Waals surface area contributed by atoms with E-state index in [9.17, 15) is 23.3 Å². The Bertz CT molecular complexity index is 1190. The van der Waals surface area contributed by atoms with Gasteiger partial charge >= 0.3 is 0 Å². The summed E-state index contributed by atoms with van der Waals surface area (Å²) in [5.41, 5.74) is 0.271. The number of nitro benzene ring substituents is 1. The third-order valence-corrected chi connectivity index (χ3v) is 5.40. The van der Waals surface area contributed by atoms with Crippen molar-refractivity contribution in [2.75, 3.05) is 10.0 Å². The number of aryl methyl sites for hydroxylation is 1. The van der Waals surface area contributed by atoms with Crippen LogP contribution in [0.3, 0.4) is 0 Å². The van der Waals surface area contributed by atoms with E-state index in [2.05, 4.69) is 15.2 Å². The molecule has 12 heteroatoms. The average Bonchev–Trinajstić information content (AvgIpc) is 3.12. The Kier molecular flexibility index (Phi) is 6.20. The van der Waals surface area contributed by atoms with Gasteiger partial charge in [-0.15, -0.1) is 0 Å². The molecule has 1 amide bonds. The van der Waals surface area contributed by atoms with Gasteiger partial charge in [0.15, 0.2) is 11.9 Å². The van der Waals surface area contributed by atoms with Crippen LogP contribution in [-0.2, 0) is 14.8 Å². The summed E-state index contributed by atoms with van der Waals surface area (Å²) in [5.74, 6) is 0.335. The van der Waals surface area contributed by atoms with Crippen LogP contribution in [0.1, 0.15) is 12.7 Å². The smallest absolute Gasteiger partial charge is 0.269 e. The highest BCUT2D eigenvalue weighted by atomic mass is 32.2. The summed E-state index contributed by atoms with van der Waals surface area (Å²) < 4.78 is 37.3. The van der Waals surface area contributed by atoms with E-state index in [-0.39, 0.29) is 16.4 Å². The Morgan fingerprint density at radius 1 is 1.16 bits per heavy atom. The zero-order valence-corrected chi connectivity index (χ0v) is 17.3. The van der Waals surface area contributed by atoms with Crippen molar-refractivity contribution in [2.24, 2.45) is 0 Å². The SMILES string of the molecule is Cc1cc(NS(=O)(=O)c2ccc(NC(=O)C(C)Oc3ccc([N+](=O)[O-])cc3)cc2)no1. The zero-order valence-electron chi connectivity index (χ0n) is 16.4. The van der Waals surface area contributed by atoms with E-state index in [1.807, 2.05) is 0 Å². The number of hydrogen-bond donors (Lipinski definition) is 2. The number of nitrogens with zero attached hydrogens (tertiary/aromatic N) is 2. The monoisotopic (exact) mass is 446 g/mol. The molecule has 3 rings (SSSR count). The van der Waals surface area contributed by atoms with Crippen LogP contribution in [0.4, 0.5) is 17.2 Å². The van der Waals surface area contributed by atoms with Crippen LogP contribution in [0, 0.1) is 17.0 Å². The number of nitro groups is 1. The zero-order chi connectivity index (χ0) is 22.6. The van der Waals surface area contributed by atoms with Crippen molar-refractivity contribution in [3.63, 3.8) is 0 Å². The minimum atomic E-state index is -3.87. The van der Waals surface area contributed by atoms with E-state index in [0.29, 0.717) is 17.2 Å². The normalized spacial score (nSPS) is 12.1. The summed E-state index contributed by atoms with van der Waals surface area (Å²) in [6, 6.07) is 12.3. The Hall–Kier alpha value is -3.93. The topological polar surface area (TPSA) is 154 Å². The summed E-state index contributed by atoms with van der Waals surface area (Å²) in [5, 5.41) is 16.9. The fourth-order valence-electron chi connectivity index (χ4n) is 2.48. The first-order chi connectivity index (χ1) is 14.6. The number of anilines is 2. The van der Waals surface area contributed by atoms with E-state index in [1.165, 1.54) is 61.5 Å². The summed E-state index contributed by atoms with van der Waals surface area (Å²) >= 11 is 0. The molecule has 1 aromatic heterocycles. The third kappa shape index (κ3) is 5.57. The van der Waals surface area contributed by atoms with Crippen molar-refractivity contribution in [3.05, 3.63) is 70.5 Å². The summed E-state index contributed by atoms with van der Waals surface area (Å²) in [7, 11) is -3.87. The van der Waals surface area contributed by atoms with Crippen molar-refractivity contribution in [1.82, 2.24) is 5.16 Å². The number of carbonyl (C=O) groups excluding carboxylic acids is 1. The van der Waals surface area contributed by atoms with Gasteiger partial charge in [-0.3, -0.25) is 19.6 Å². The van der Waals surface area contributed by atoms with Gasteiger partial charge in [-0.2, -0.15) is 0 Å². The van der Waals surface area contributed by atoms with Crippen LogP contribution in [0.2, 0.25) is 0 Å². The van der Waals surface area contributed by atoms with E-state index >= 15 is 0 Å². The fraction of sp³-hybridized carbons (Fsp3) is 0.158. The summed E-state index contributed by atoms with van der Waals surface area (Å²) in [6.07, 6.45) is -0.901. The number of aromatic nitrogens is 1. The quantitative estimate of drug-likeness (QED) is 0.395. The third-order valence-electron chi connectivity index (χ3n) is 4.03. The molecule has 0 saturated carbocycles. The number of amides is 1. The molecular weight excluding hydrogens is 428 g/mol. The van der Waals surface area contributed by atoms with Crippen molar-refractivity contribution in [3.8, 4) is 5.75 Å². The highest BCUT2D eigenvalue weighted by molar-refractivity contribution is 7.92. The maximum atomic E-state index is 12.4. The molecule has 0 spiro atoms. The van der Waals surface area contributed by atoms with Gasteiger partial charge in [0.05, 0.1) is 9.82 Å². The predicted octanol–water partition coefficient (Wildman–Crippen LogP) is 3.10. The number of sulfonamides is 1. The molecule has 1 unspecified atom stereocenters. The van der Waals surface area contributed by atoms with Gasteiger partial charge in [0.2, 0.25) is 0 Å². The van der Waals surface area contributed by atoms with Crippen LogP contribution < -0.4 is 14.8 Å². The molecule has 0 aliphatic carbocycles. The van der Waals surface area contributed by atoms with E-state index in [0.717, 1.165) is 0 Å². The Labute approximate surface area is 177 Å². The molecule has 1 heterocycles. The second-order valence-corrected chi connectivity index (χ2v) is 8.14. The molecule has 31 heavy (non-hydrogen) atoms. The second kappa shape index (κ2) is 8.83. The number of non-ortho nitro benzene ring substituents is 1. The molecule has 0 aliphatic rings. The van der Waals surface area contributed by atoms with Gasteiger partial charge in [-0.05, 0) is 50.2 Å². The number of rotatable bonds is 8. The van der Waals surface area contributed by atoms with Gasteiger partial charge in [-0.25, -0.2) is 8.42 Å². The molecule has 0 bridgehead atoms. The summed E-state index contributed by atoms with van der Waals surface area (Å²) in [6.45, 7) is 3.15. The maximum Gasteiger partial charge on any atom is 0.269 e. The van der Waals surface area contributed by atoms with Crippen LogP contribution in [0.5, 0.6) is 5.75 Å². The Morgan fingerprint density at radius 2 is 1.81 bits per heavy atom. The first kappa shape index (κ1) is 21.8. The van der Waals surface area contributed by atoms with Gasteiger partial charge in [0.25, 0.3) is 21.6 Å². The van der Waals surface area contributed by atoms with Gasteiger partial charge < -0.3 is 14.6 Å². The minimum Gasteiger partial charge on any atom is -0.481 e. The number of hydrogen-bond acceptors (Lipinski definition) is 8. The highest BCUT2D eigenvalue weighted by Gasteiger charge is 2.18. The number of nitrogens with one attached hydrogen (secondary N) is 2. The standard InChI is InChI=1S/C19H18N4O7S/c1-12-11-18(21-30-12)22-31(27,28)17-9-3-14(4-10-17)20-19(24)13(2)29-16-7-5-15(6-8-16)23(25)26/h3-11,13H,1-2H3,(H,20,24)(H,21,22). The number of benzene rings is 2. The van der Waals surface area contributed by atoms with Crippen molar-refractivity contribution in [1.29, 1.82) is 0 Å². The molecule has 2 aromatic carbocycles. The second-order valence-electron chi connectivity index (χ2n) is 6.45. The lowest BCUT2D eigenvalue weighted by Gasteiger charge is -2.15. The molecular formula is C19H18N4O7S. The predicted molar refractivity (Wildman–Crippen MR) is 110 cm³/mol. The minimum absolute atomic E-state index is 0.0265. The lowest BCUT2D eigenvalue weighted by Crippen LogP contribution is -2.30. The molecule has 1 atom stereocenters. The molecule has 11 nitrogen and oxygen atoms in total. The molecule has 0 fully saturated rings. The molecule has 0 saturated heterocycles. The van der Waals surface area contributed by atoms with Crippen molar-refractivity contribution in [2.45, 2.75) is 24.8 Å². The lowest BCUT2D eigenvalue weighted by atomic mass is 10.3. The van der Waals surface area contributed by atoms with E-state index in [4.69, 9.17) is 9.26 Å². The lowest BCUT2D eigenvalue weighted by molar-refractivity contribution is -0.384. The fourth-order valence-corrected chi connectivity index (χ4v) is 3.46. The Balaban J connectivity index is 1.60. The molecule has 162 valence electrons. The number of carbonyl (C=O) groups is 1. The van der Waals surface area contributed by atoms with Crippen LogP contribution in [0.25, 0.3) is 0 Å². The van der Waals surface area contributed by atoms with Crippen LogP contribution >= 0.6 is 0 Å². The highest BCUT2D eigenvalue weighted by Crippen LogP contribution is 2.20. The van der Waals surface area contributed by atoms with E-state index in [1.54, 1.807) is 6.92 Å². The molecule has 0 radical (unpaired) electrons. The number of ether oxygens (including phenoxy) is 1. The van der Waals surface area contributed by atoms with Crippen LogP contribution in [0.15, 0.2) is 64.0 Å². The Morgan fingerprint density at radius 3 is 2.35 bits per heavy atom. The molecule has 0 aliphatic heterocycles. The maximum absolute atomic E-state index is 12.4. The van der Waals surface area contributed by atoms with Gasteiger partial charge in [0.1, 0.15) is 11.5 Å². The first-order valence-electron chi connectivity index (χ1n) is 8.92. The summed E-state index contributed by atoms with van der Waals surface area (Å²) in [4.78, 5) is 22.4. The van der Waals surface area contributed by atoms with E-state index < -0.39 is 27.0 Å². The van der Waals surface area contributed by atoms with Gasteiger partial charge in [0, 0.05) is 23.9 Å². The first-order valence-corrected chi connectivity index (χ1v) is 10.4. The average molecular weight is 446 g/mol. The van der Waals surface area contributed by atoms with Crippen molar-refractivity contribution >= 4 is 33.1 Å². The molecule has 2 N–H and O–H groups in total. The van der Waals surface area contributed by atoms with Crippen molar-refractivity contribution < 1.29 is 27.4 Å². The van der Waals surface area contributed by atoms with Crippen LogP contribution in [-0.4, -0.2) is 30.5 Å². The molecule has 3 aromatic rings. The largest absolute Gasteiger partial charge is 0.481 e. The van der Waals surface area contributed by atoms with Gasteiger partial charge in [-0.1, -0.05) is 5.16 Å².